The zero-order valence-electron chi connectivity index (χ0n) is 79.5. The van der Waals surface area contributed by atoms with Crippen LogP contribution < -0.4 is 67.7 Å². The van der Waals surface area contributed by atoms with E-state index in [4.69, 9.17) is 5.11 Å². The smallest absolute Gasteiger partial charge is 0.251 e. The number of piperidine rings is 2. The minimum absolute atomic E-state index is 0.0580. The van der Waals surface area contributed by atoms with Gasteiger partial charge in [-0.15, -0.1) is 0 Å². The van der Waals surface area contributed by atoms with Gasteiger partial charge in [0.05, 0.1) is 62.4 Å². The van der Waals surface area contributed by atoms with E-state index in [1.807, 2.05) is 121 Å². The number of H-pyrrole nitrogens is 1. The van der Waals surface area contributed by atoms with E-state index in [2.05, 4.69) is 144 Å². The number of fused-ring (bicyclic) bond motifs is 1. The van der Waals surface area contributed by atoms with Crippen LogP contribution in [-0.4, -0.2) is 233 Å². The first-order valence-corrected chi connectivity index (χ1v) is 50.1. The van der Waals surface area contributed by atoms with E-state index in [0.29, 0.717) is 40.7 Å². The summed E-state index contributed by atoms with van der Waals surface area (Å²) in [6.07, 6.45) is 14.5. The number of aryl methyl sites for hydroxylation is 2. The van der Waals surface area contributed by atoms with E-state index >= 15 is 0 Å². The maximum absolute atomic E-state index is 12.4. The molecule has 31 nitrogen and oxygen atoms in total. The Morgan fingerprint density at radius 1 is 0.504 bits per heavy atom. The second kappa shape index (κ2) is 56.2. The molecule has 0 atom stereocenters. The molecule has 133 heavy (non-hydrogen) atoms. The lowest BCUT2D eigenvalue weighted by Crippen LogP contribution is -2.41. The highest BCUT2D eigenvalue weighted by Gasteiger charge is 2.28. The fraction of sp³-hybridized carbons (Fsp3) is 0.337. The number of carbonyl (C=O) groups is 2. The molecule has 35 heteroatoms. The van der Waals surface area contributed by atoms with Crippen molar-refractivity contribution in [1.29, 1.82) is 0 Å². The summed E-state index contributed by atoms with van der Waals surface area (Å²) < 4.78 is 100. The van der Waals surface area contributed by atoms with Crippen molar-refractivity contribution in [3.8, 4) is 22.5 Å². The monoisotopic (exact) mass is 1900 g/mol. The number of likely N-dealkylation sites (N-methyl/N-ethyl adjacent to an activating group) is 1. The molecule has 0 spiro atoms. The maximum Gasteiger partial charge on any atom is 0.251 e. The van der Waals surface area contributed by atoms with Crippen LogP contribution in [-0.2, 0) is 51.1 Å². The summed E-state index contributed by atoms with van der Waals surface area (Å²) in [7, 11) is 9.48. The third kappa shape index (κ3) is 35.4. The van der Waals surface area contributed by atoms with Crippen LogP contribution in [0.15, 0.2) is 264 Å². The number of aliphatic hydroxyl groups excluding tert-OH is 1. The van der Waals surface area contributed by atoms with Gasteiger partial charge in [-0.05, 0) is 222 Å². The first-order valence-electron chi connectivity index (χ1n) is 44.0. The molecule has 13 N–H and O–H groups in total. The Labute approximate surface area is 789 Å². The lowest BCUT2D eigenvalue weighted by molar-refractivity contribution is -0.127. The van der Waals surface area contributed by atoms with Crippen LogP contribution in [0.25, 0.3) is 22.5 Å². The summed E-state index contributed by atoms with van der Waals surface area (Å²) in [6.45, 7) is 12.8. The van der Waals surface area contributed by atoms with Gasteiger partial charge < -0.3 is 78.4 Å². The summed E-state index contributed by atoms with van der Waals surface area (Å²) in [5.74, 6) is 0.170. The fourth-order valence-electron chi connectivity index (χ4n) is 13.2. The summed E-state index contributed by atoms with van der Waals surface area (Å²) >= 11 is 0. The molecule has 718 valence electrons. The summed E-state index contributed by atoms with van der Waals surface area (Å²) in [5.41, 5.74) is 19.1. The zero-order valence-corrected chi connectivity index (χ0v) is 82.8. The average Bonchev–Trinajstić information content (AvgIpc) is 1.28. The van der Waals surface area contributed by atoms with Gasteiger partial charge in [0, 0.05) is 215 Å². The van der Waals surface area contributed by atoms with E-state index in [1.54, 1.807) is 172 Å². The van der Waals surface area contributed by atoms with Crippen molar-refractivity contribution in [1.82, 2.24) is 38.8 Å². The number of allylic oxidation sites excluding steroid dienone is 1. The topological polar surface area (TPSA) is 394 Å². The van der Waals surface area contributed by atoms with E-state index in [9.17, 15) is 43.3 Å². The third-order valence-electron chi connectivity index (χ3n) is 21.2. The first kappa shape index (κ1) is 109. The number of aromatic nitrogens is 4. The number of aliphatic hydroxyl groups is 1. The number of hydrogen-bond acceptors (Lipinski definition) is 25. The van der Waals surface area contributed by atoms with Crippen molar-refractivity contribution in [2.75, 3.05) is 211 Å². The molecule has 2 amide bonds. The highest BCUT2D eigenvalue weighted by Crippen LogP contribution is 2.31. The van der Waals surface area contributed by atoms with Crippen LogP contribution in [0.1, 0.15) is 80.5 Å². The number of anilines is 12. The molecule has 2 fully saturated rings. The number of rotatable bonds is 26. The summed E-state index contributed by atoms with van der Waals surface area (Å²) in [5, 5.41) is 41.6. The number of carbonyl (C=O) groups excluding carboxylic acids is 2. The Kier molecular flexibility index (Phi) is 46.0. The van der Waals surface area contributed by atoms with E-state index in [0.717, 1.165) is 110 Å². The Morgan fingerprint density at radius 3 is 1.50 bits per heavy atom. The number of nitrogens with zero attached hydrogens (tertiary/aromatic N) is 8. The molecular weight excluding hydrogens is 1760 g/mol. The highest BCUT2D eigenvalue weighted by molar-refractivity contribution is 7.92. The Balaban J connectivity index is 0.000000231. The van der Waals surface area contributed by atoms with Crippen molar-refractivity contribution in [2.24, 2.45) is 0 Å². The Morgan fingerprint density at radius 2 is 0.977 bits per heavy atom. The van der Waals surface area contributed by atoms with Crippen LogP contribution in [0.5, 0.6) is 0 Å². The number of nitrogens with one attached hydrogen (secondary N) is 12. The van der Waals surface area contributed by atoms with Crippen molar-refractivity contribution in [3.63, 3.8) is 0 Å². The van der Waals surface area contributed by atoms with Crippen LogP contribution in [0.3, 0.4) is 0 Å². The predicted octanol–water partition coefficient (Wildman–Crippen LogP) is 15.8. The molecule has 3 aliphatic rings. The van der Waals surface area contributed by atoms with Gasteiger partial charge in [-0.3, -0.25) is 13.9 Å². The normalized spacial score (nSPS) is 12.6. The van der Waals surface area contributed by atoms with Crippen molar-refractivity contribution in [2.45, 2.75) is 86.8 Å². The van der Waals surface area contributed by atoms with Gasteiger partial charge in [0.1, 0.15) is 12.4 Å². The number of sulfonamides is 3. The van der Waals surface area contributed by atoms with Gasteiger partial charge in [0.15, 0.2) is 9.84 Å². The van der Waals surface area contributed by atoms with Crippen molar-refractivity contribution < 1.29 is 48.4 Å². The first-order chi connectivity index (χ1) is 63.7. The quantitative estimate of drug-likeness (QED) is 0.0239. The van der Waals surface area contributed by atoms with Crippen LogP contribution >= 0.6 is 0 Å². The molecule has 5 heterocycles. The number of imidazole rings is 1. The van der Waals surface area contributed by atoms with Gasteiger partial charge >= 0.3 is 0 Å². The summed E-state index contributed by atoms with van der Waals surface area (Å²) in [4.78, 5) is 43.3. The lowest BCUT2D eigenvalue weighted by Gasteiger charge is -2.29. The third-order valence-corrected chi connectivity index (χ3v) is 28.4. The van der Waals surface area contributed by atoms with E-state index in [-0.39, 0.29) is 41.4 Å². The molecule has 3 aliphatic heterocycles. The summed E-state index contributed by atoms with van der Waals surface area (Å²) in [6, 6.07) is 67.8. The minimum atomic E-state index is -3.51. The van der Waals surface area contributed by atoms with E-state index in [1.165, 1.54) is 75.9 Å². The number of hydrogen-bond donors (Lipinski definition) is 13. The molecule has 9 aromatic carbocycles. The molecule has 0 saturated carbocycles. The van der Waals surface area contributed by atoms with E-state index < -0.39 is 39.9 Å². The van der Waals surface area contributed by atoms with Gasteiger partial charge in [0.25, 0.3) is 5.91 Å². The average molecular weight is 1900 g/mol. The second-order valence-corrected chi connectivity index (χ2v) is 38.8. The van der Waals surface area contributed by atoms with Crippen LogP contribution in [0.4, 0.5) is 68.2 Å². The maximum atomic E-state index is 12.4. The SMILES string of the molecule is C=C1CCc2cc(NC)ccc2N1.CCN(C)S(=O)(=O)c1cccc(NC)c1.CCS(=O)(=O)N(CC(=O)N(C)C)c1cccc(NC)c1.CNC(=O)c1cccc(NC)c1.CNc1cccc(-c2ccnc(C)n2)c1.CNc1cccc(-c2cnc[nH]2)c1.CNc1cccc(N2CCCCC2)c1.CNc1cccc(S(=O)(=O)CCO)c1.CNc1cccc(S(=O)(=O)N2CCCCC2)c1. The minimum Gasteiger partial charge on any atom is -0.395 e. The number of sulfone groups is 1. The van der Waals surface area contributed by atoms with Crippen LogP contribution in [0, 0.1) is 6.92 Å². The van der Waals surface area contributed by atoms with Gasteiger partial charge in [-0.2, -0.15) is 4.31 Å². The largest absolute Gasteiger partial charge is 0.395 e. The molecular formula is C98H136N20O11S4. The number of benzene rings is 9. The zero-order chi connectivity index (χ0) is 97.5. The van der Waals surface area contributed by atoms with Gasteiger partial charge in [-0.25, -0.2) is 52.9 Å². The number of aromatic amines is 1. The molecule has 0 radical (unpaired) electrons. The molecule has 2 aromatic heterocycles. The standard InChI is InChI=1S/C13H21N3O3S.C12H13N3.C12H18N2O2S.C12H18N2.C11H14N2.C10H11N3.C10H16N2O2S.C9H12N2O.C9H13NO3S/c1-5-20(18,19)16(10-13(17)15(3)4)12-8-6-7-11(9-12)14-2;1-9-14-7-6-12(15-9)10-4-3-5-11(8-10)13-2;1-13-11-6-5-7-12(10-11)17(15,16)14-8-3-2-4-9-14;1-13-11-6-5-7-12(10-11)14-8-3-2-4-9-14;1-8-3-4-9-7-10(12-2)5-6-11(9)13-8;1-11-9-4-2-3-8(5-9)10-6-12-7-13-10;1-4-12(3)15(13,14)10-7-5-6-9(8-10)11-2;1-10-8-5-3-4-7(6-8)9(12)11-2;1-10-8-3-2-4-9(7-8)14(12,13)6-5-11/h6-9,14H,5,10H2,1-4H3;3-8,13H,1-2H3;5-7,10,13H,2-4,8-9H2,1H3;5-7,10,13H,2-4,8-9H2,1H3;5-7,12-13H,1,3-4H2,2H3;2-7,11H,1H3,(H,12,13);5-8,11H,4H2,1-3H3;3-6,10H,1-2H3,(H,11,12);2-4,7,10-11H,5-6H2,1H3. The predicted molar refractivity (Wildman–Crippen MR) is 551 cm³/mol. The molecule has 0 unspecified atom stereocenters. The van der Waals surface area contributed by atoms with Crippen LogP contribution in [0.2, 0.25) is 0 Å². The molecule has 2 saturated heterocycles. The molecule has 14 rings (SSSR count). The lowest BCUT2D eigenvalue weighted by atomic mass is 10.0. The van der Waals surface area contributed by atoms with Crippen molar-refractivity contribution in [3.05, 3.63) is 266 Å². The van der Waals surface area contributed by atoms with Gasteiger partial charge in [-0.1, -0.05) is 80.6 Å². The molecule has 0 bridgehead atoms. The van der Waals surface area contributed by atoms with Gasteiger partial charge in [0.2, 0.25) is 36.0 Å². The molecule has 0 aliphatic carbocycles. The van der Waals surface area contributed by atoms with Crippen molar-refractivity contribution >= 4 is 120 Å². The number of amides is 2. The molecule has 11 aromatic rings. The Hall–Kier alpha value is -12.8. The highest BCUT2D eigenvalue weighted by atomic mass is 32.2. The second-order valence-electron chi connectivity index (χ2n) is 30.5. The Bertz CT molecular complexity index is 5910. The fourth-order valence-corrected chi connectivity index (χ4v) is 18.1.